The Kier molecular flexibility index (Phi) is 5.34. The molecule has 8 heteroatoms. The Morgan fingerprint density at radius 3 is 2.11 bits per heavy atom. The van der Waals surface area contributed by atoms with Crippen LogP contribution in [0.2, 0.25) is 0 Å². The van der Waals surface area contributed by atoms with Gasteiger partial charge in [-0.05, 0) is 13.0 Å². The summed E-state index contributed by atoms with van der Waals surface area (Å²) in [6, 6.07) is 0. The van der Waals surface area contributed by atoms with Gasteiger partial charge in [-0.1, -0.05) is 13.0 Å². The molecule has 0 heterocycles. The second-order valence-electron chi connectivity index (χ2n) is 3.66. The topological polar surface area (TPSA) is 86.6 Å². The van der Waals surface area contributed by atoms with Gasteiger partial charge < -0.3 is 15.5 Å². The maximum atomic E-state index is 10.7. The van der Waals surface area contributed by atoms with Crippen LogP contribution in [0.25, 0.3) is 0 Å². The molecule has 0 saturated heterocycles. The number of halogens is 3. The van der Waals surface area contributed by atoms with Gasteiger partial charge >= 0.3 is 18.1 Å². The highest BCUT2D eigenvalue weighted by molar-refractivity contribution is 5.83. The van der Waals surface area contributed by atoms with Crippen molar-refractivity contribution in [2.24, 2.45) is 5.92 Å². The fourth-order valence-corrected chi connectivity index (χ4v) is 1.41. The molecule has 0 radical (unpaired) electrons. The minimum Gasteiger partial charge on any atom is -0.480 e. The van der Waals surface area contributed by atoms with E-state index < -0.39 is 23.7 Å². The van der Waals surface area contributed by atoms with Crippen molar-refractivity contribution in [1.29, 1.82) is 0 Å². The number of likely N-dealkylation sites (N-methyl/N-ethyl adjacent to an activating group) is 1. The summed E-state index contributed by atoms with van der Waals surface area (Å²) < 4.78 is 31.7. The quantitative estimate of drug-likeness (QED) is 0.669. The van der Waals surface area contributed by atoms with E-state index in [2.05, 4.69) is 11.9 Å². The van der Waals surface area contributed by atoms with E-state index in [0.29, 0.717) is 13.0 Å². The van der Waals surface area contributed by atoms with E-state index >= 15 is 0 Å². The van der Waals surface area contributed by atoms with Crippen molar-refractivity contribution >= 4 is 11.9 Å². The van der Waals surface area contributed by atoms with E-state index in [1.54, 1.807) is 6.08 Å². The van der Waals surface area contributed by atoms with Gasteiger partial charge in [-0.2, -0.15) is 13.2 Å². The van der Waals surface area contributed by atoms with Gasteiger partial charge in [-0.25, -0.2) is 4.79 Å². The molecule has 0 aromatic rings. The Morgan fingerprint density at radius 2 is 1.94 bits per heavy atom. The Morgan fingerprint density at radius 1 is 1.50 bits per heavy atom. The van der Waals surface area contributed by atoms with Crippen LogP contribution in [0.3, 0.4) is 0 Å². The first-order valence-electron chi connectivity index (χ1n) is 5.03. The van der Waals surface area contributed by atoms with Crippen molar-refractivity contribution < 1.29 is 33.0 Å². The van der Waals surface area contributed by atoms with Gasteiger partial charge in [0.05, 0.1) is 0 Å². The predicted molar refractivity (Wildman–Crippen MR) is 56.0 cm³/mol. The van der Waals surface area contributed by atoms with E-state index in [-0.39, 0.29) is 5.92 Å². The summed E-state index contributed by atoms with van der Waals surface area (Å²) in [6.45, 7) is 6.18. The molecule has 1 fully saturated rings. The molecule has 1 aliphatic rings. The molecule has 0 aromatic carbocycles. The lowest BCUT2D eigenvalue weighted by Crippen LogP contribution is -2.40. The average molecular weight is 269 g/mol. The number of carbonyl (C=O) groups is 2. The zero-order chi connectivity index (χ0) is 14.6. The predicted octanol–water partition coefficient (Wildman–Crippen LogP) is 1.26. The highest BCUT2D eigenvalue weighted by Gasteiger charge is 2.58. The smallest absolute Gasteiger partial charge is 0.480 e. The van der Waals surface area contributed by atoms with Gasteiger partial charge in [0, 0.05) is 5.92 Å². The Bertz CT molecular complexity index is 343. The zero-order valence-corrected chi connectivity index (χ0v) is 9.62. The third-order valence-corrected chi connectivity index (χ3v) is 2.42. The summed E-state index contributed by atoms with van der Waals surface area (Å²) >= 11 is 0. The van der Waals surface area contributed by atoms with Crippen LogP contribution in [0, 0.1) is 5.92 Å². The second kappa shape index (κ2) is 5.85. The molecule has 1 aliphatic carbocycles. The zero-order valence-electron chi connectivity index (χ0n) is 9.62. The van der Waals surface area contributed by atoms with Crippen LogP contribution in [0.15, 0.2) is 12.7 Å². The van der Waals surface area contributed by atoms with Crippen LogP contribution in [-0.4, -0.2) is 40.4 Å². The maximum absolute atomic E-state index is 10.7. The van der Waals surface area contributed by atoms with Gasteiger partial charge in [0.2, 0.25) is 0 Å². The SMILES string of the molecule is C=CC1CC1(NCC)C(=O)O.O=C(O)C(F)(F)F. The molecule has 5 nitrogen and oxygen atoms in total. The summed E-state index contributed by atoms with van der Waals surface area (Å²) in [5.41, 5.74) is -0.684. The first-order chi connectivity index (χ1) is 8.11. The molecular weight excluding hydrogens is 255 g/mol. The number of carboxylic acid groups (broad SMARTS) is 2. The molecule has 0 bridgehead atoms. The maximum Gasteiger partial charge on any atom is 0.490 e. The van der Waals surface area contributed by atoms with E-state index in [4.69, 9.17) is 15.0 Å². The van der Waals surface area contributed by atoms with Gasteiger partial charge in [0.25, 0.3) is 0 Å². The van der Waals surface area contributed by atoms with Crippen LogP contribution >= 0.6 is 0 Å². The number of aliphatic carboxylic acids is 2. The summed E-state index contributed by atoms with van der Waals surface area (Å²) in [5.74, 6) is -3.41. The Labute approximate surface area is 101 Å². The minimum absolute atomic E-state index is 0.111. The van der Waals surface area contributed by atoms with Gasteiger partial charge in [0.15, 0.2) is 0 Å². The summed E-state index contributed by atoms with van der Waals surface area (Å²) in [4.78, 5) is 19.6. The lowest BCUT2D eigenvalue weighted by atomic mass is 10.2. The van der Waals surface area contributed by atoms with Gasteiger partial charge in [0.1, 0.15) is 5.54 Å². The van der Waals surface area contributed by atoms with Crippen molar-refractivity contribution in [2.45, 2.75) is 25.1 Å². The first kappa shape index (κ1) is 16.4. The first-order valence-corrected chi connectivity index (χ1v) is 5.03. The Hall–Kier alpha value is -1.57. The molecule has 0 aromatic heterocycles. The van der Waals surface area contributed by atoms with Crippen LogP contribution < -0.4 is 5.32 Å². The van der Waals surface area contributed by atoms with E-state index in [9.17, 15) is 18.0 Å². The third-order valence-electron chi connectivity index (χ3n) is 2.42. The summed E-state index contributed by atoms with van der Waals surface area (Å²) in [7, 11) is 0. The number of hydrogen-bond donors (Lipinski definition) is 3. The molecule has 3 N–H and O–H groups in total. The van der Waals surface area contributed by atoms with Crippen molar-refractivity contribution in [3.05, 3.63) is 12.7 Å². The highest BCUT2D eigenvalue weighted by atomic mass is 19.4. The van der Waals surface area contributed by atoms with Crippen molar-refractivity contribution in [3.63, 3.8) is 0 Å². The standard InChI is InChI=1S/C8H13NO2.C2HF3O2/c1-3-6-5-8(6,7(10)11)9-4-2;3-2(4,5)1(6)7/h3,6,9H,1,4-5H2,2H3,(H,10,11);(H,6,7). The molecule has 2 unspecified atom stereocenters. The lowest BCUT2D eigenvalue weighted by molar-refractivity contribution is -0.192. The number of nitrogens with one attached hydrogen (secondary N) is 1. The normalized spacial score (nSPS) is 25.7. The number of carboxylic acids is 2. The monoisotopic (exact) mass is 269 g/mol. The van der Waals surface area contributed by atoms with E-state index in [0.717, 1.165) is 0 Å². The van der Waals surface area contributed by atoms with Crippen LogP contribution in [0.1, 0.15) is 13.3 Å². The van der Waals surface area contributed by atoms with E-state index in [1.165, 1.54) is 0 Å². The molecule has 18 heavy (non-hydrogen) atoms. The lowest BCUT2D eigenvalue weighted by Gasteiger charge is -2.10. The molecule has 0 aliphatic heterocycles. The van der Waals surface area contributed by atoms with Crippen LogP contribution in [0.4, 0.5) is 13.2 Å². The van der Waals surface area contributed by atoms with Gasteiger partial charge in [-0.3, -0.25) is 4.79 Å². The molecular formula is C10H14F3NO4. The molecule has 1 rings (SSSR count). The fraction of sp³-hybridized carbons (Fsp3) is 0.600. The molecule has 104 valence electrons. The fourth-order valence-electron chi connectivity index (χ4n) is 1.41. The molecule has 0 amide bonds. The van der Waals surface area contributed by atoms with Gasteiger partial charge in [-0.15, -0.1) is 6.58 Å². The minimum atomic E-state index is -5.08. The summed E-state index contributed by atoms with van der Waals surface area (Å²) in [5, 5.41) is 18.9. The van der Waals surface area contributed by atoms with Crippen LogP contribution in [-0.2, 0) is 9.59 Å². The third kappa shape index (κ3) is 4.02. The number of rotatable bonds is 4. The van der Waals surface area contributed by atoms with Crippen LogP contribution in [0.5, 0.6) is 0 Å². The largest absolute Gasteiger partial charge is 0.490 e. The van der Waals surface area contributed by atoms with E-state index in [1.807, 2.05) is 6.92 Å². The second-order valence-corrected chi connectivity index (χ2v) is 3.66. The van der Waals surface area contributed by atoms with Crippen molar-refractivity contribution in [2.75, 3.05) is 6.54 Å². The van der Waals surface area contributed by atoms with Crippen molar-refractivity contribution in [1.82, 2.24) is 5.32 Å². The molecule has 1 saturated carbocycles. The molecule has 0 spiro atoms. The number of alkyl halides is 3. The molecule has 2 atom stereocenters. The van der Waals surface area contributed by atoms with Crippen molar-refractivity contribution in [3.8, 4) is 0 Å². The number of hydrogen-bond acceptors (Lipinski definition) is 3. The summed E-state index contributed by atoms with van der Waals surface area (Å²) in [6.07, 6.45) is -2.70. The highest BCUT2D eigenvalue weighted by Crippen LogP contribution is 2.44. The average Bonchev–Trinajstić information content (AvgIpc) is 2.93. The Balaban J connectivity index is 0.000000360.